The van der Waals surface area contributed by atoms with Crippen LogP contribution in [-0.2, 0) is 29.1 Å². The monoisotopic (exact) mass is 573 g/mol. The average molecular weight is 574 g/mol. The second-order valence-corrected chi connectivity index (χ2v) is 12.2. The van der Waals surface area contributed by atoms with Gasteiger partial charge in [-0.1, -0.05) is 42.1 Å². The van der Waals surface area contributed by atoms with Gasteiger partial charge in [-0.15, -0.1) is 0 Å². The molecule has 2 unspecified atom stereocenters. The van der Waals surface area contributed by atoms with Gasteiger partial charge < -0.3 is 14.5 Å². The lowest BCUT2D eigenvalue weighted by Gasteiger charge is -2.27. The molecule has 3 rings (SSSR count). The lowest BCUT2D eigenvalue weighted by atomic mass is 10.2. The molecule has 1 fully saturated rings. The first-order valence-corrected chi connectivity index (χ1v) is 14.4. The number of thioether (sulfide) groups is 1. The molecule has 1 aliphatic heterocycles. The average Bonchev–Trinajstić information content (AvgIpc) is 3.35. The van der Waals surface area contributed by atoms with Gasteiger partial charge in [0.1, 0.15) is 6.04 Å². The van der Waals surface area contributed by atoms with Crippen molar-refractivity contribution in [3.8, 4) is 0 Å². The molecular weight excluding hydrogens is 542 g/mol. The summed E-state index contributed by atoms with van der Waals surface area (Å²) >= 11 is 1.00. The molecule has 2 atom stereocenters. The number of nitrogens with zero attached hydrogens (tertiary/aromatic N) is 3. The molecule has 39 heavy (non-hydrogen) atoms. The minimum atomic E-state index is -4.01. The van der Waals surface area contributed by atoms with E-state index in [-0.39, 0.29) is 24.6 Å². The van der Waals surface area contributed by atoms with Crippen molar-refractivity contribution in [2.45, 2.75) is 24.6 Å². The van der Waals surface area contributed by atoms with E-state index in [1.165, 1.54) is 56.1 Å². The Morgan fingerprint density at radius 3 is 2.28 bits per heavy atom. The van der Waals surface area contributed by atoms with Crippen molar-refractivity contribution in [3.05, 3.63) is 71.1 Å². The summed E-state index contributed by atoms with van der Waals surface area (Å²) in [5.41, 5.74) is 1.52. The fourth-order valence-electron chi connectivity index (χ4n) is 4.13. The number of benzene rings is 2. The highest BCUT2D eigenvalue weighted by molar-refractivity contribution is 8.14. The van der Waals surface area contributed by atoms with E-state index < -0.39 is 39.1 Å². The first-order chi connectivity index (χ1) is 18.4. The highest BCUT2D eigenvalue weighted by Crippen LogP contribution is 2.32. The number of ether oxygens (including phenoxy) is 1. The fourth-order valence-corrected chi connectivity index (χ4v) is 6.61. The number of hydrogen-bond acceptors (Lipinski definition) is 8. The van der Waals surface area contributed by atoms with Crippen LogP contribution in [0.25, 0.3) is 6.08 Å². The van der Waals surface area contributed by atoms with Gasteiger partial charge in [0, 0.05) is 43.9 Å². The van der Waals surface area contributed by atoms with Crippen LogP contribution in [0.5, 0.6) is 0 Å². The first-order valence-electron chi connectivity index (χ1n) is 12.0. The van der Waals surface area contributed by atoms with Crippen LogP contribution < -0.4 is 4.90 Å². The summed E-state index contributed by atoms with van der Waals surface area (Å²) in [7, 11) is 0.236. The summed E-state index contributed by atoms with van der Waals surface area (Å²) in [4.78, 5) is 52.3. The fraction of sp³-hybridized carbons (Fsp3) is 0.333. The van der Waals surface area contributed by atoms with Crippen LogP contribution in [0.15, 0.2) is 60.0 Å². The van der Waals surface area contributed by atoms with Gasteiger partial charge in [0.2, 0.25) is 21.8 Å². The van der Waals surface area contributed by atoms with E-state index in [1.54, 1.807) is 36.4 Å². The predicted molar refractivity (Wildman–Crippen MR) is 150 cm³/mol. The quantitative estimate of drug-likeness (QED) is 0.420. The summed E-state index contributed by atoms with van der Waals surface area (Å²) in [6, 6.07) is 14.0. The van der Waals surface area contributed by atoms with Crippen molar-refractivity contribution in [1.29, 1.82) is 0 Å². The normalized spacial score (nSPS) is 17.6. The van der Waals surface area contributed by atoms with Crippen molar-refractivity contribution in [2.75, 3.05) is 39.2 Å². The van der Waals surface area contributed by atoms with Gasteiger partial charge in [-0.05, 0) is 42.3 Å². The molecular formula is C27H31N3O7S2. The zero-order valence-corrected chi connectivity index (χ0v) is 23.8. The number of anilines is 1. The van der Waals surface area contributed by atoms with Crippen LogP contribution in [0, 0.1) is 0 Å². The van der Waals surface area contributed by atoms with Crippen molar-refractivity contribution in [3.63, 3.8) is 0 Å². The summed E-state index contributed by atoms with van der Waals surface area (Å²) in [5.74, 6) is -1.46. The van der Waals surface area contributed by atoms with E-state index in [9.17, 15) is 27.6 Å². The maximum atomic E-state index is 13.4. The molecule has 0 radical (unpaired) electrons. The third kappa shape index (κ3) is 7.78. The largest absolute Gasteiger partial charge is 0.465 e. The number of methoxy groups -OCH3 is 1. The van der Waals surface area contributed by atoms with Gasteiger partial charge in [-0.2, -0.15) is 4.31 Å². The number of hydrogen-bond donors (Lipinski definition) is 0. The van der Waals surface area contributed by atoms with E-state index in [0.29, 0.717) is 16.8 Å². The van der Waals surface area contributed by atoms with Crippen molar-refractivity contribution >= 4 is 56.4 Å². The van der Waals surface area contributed by atoms with Crippen LogP contribution in [0.3, 0.4) is 0 Å². The molecule has 12 heteroatoms. The van der Waals surface area contributed by atoms with Gasteiger partial charge in [-0.3, -0.25) is 14.4 Å². The topological polar surface area (TPSA) is 121 Å². The molecule has 0 spiro atoms. The summed E-state index contributed by atoms with van der Waals surface area (Å²) in [6.07, 6.45) is 1.60. The van der Waals surface area contributed by atoms with E-state index in [4.69, 9.17) is 0 Å². The molecule has 2 aromatic rings. The number of likely N-dealkylation sites (N-methyl/N-ethyl adjacent to an activating group) is 2. The van der Waals surface area contributed by atoms with E-state index in [2.05, 4.69) is 4.74 Å². The number of rotatable bonds is 9. The Hall–Kier alpha value is -3.48. The minimum absolute atomic E-state index is 0.00362. The predicted octanol–water partition coefficient (Wildman–Crippen LogP) is 2.62. The third-order valence-electron chi connectivity index (χ3n) is 6.19. The Balaban J connectivity index is 1.75. The summed E-state index contributed by atoms with van der Waals surface area (Å²) in [5, 5.41) is 0.491. The van der Waals surface area contributed by atoms with Gasteiger partial charge in [0.15, 0.2) is 5.12 Å². The molecule has 2 aromatic carbocycles. The lowest BCUT2D eigenvalue weighted by molar-refractivity contribution is -0.136. The Labute approximate surface area is 232 Å². The van der Waals surface area contributed by atoms with Crippen LogP contribution in [0.2, 0.25) is 0 Å². The van der Waals surface area contributed by atoms with Crippen molar-refractivity contribution in [1.82, 2.24) is 9.21 Å². The lowest BCUT2D eigenvalue weighted by Crippen LogP contribution is -2.48. The van der Waals surface area contributed by atoms with Crippen molar-refractivity contribution < 1.29 is 32.3 Å². The Kier molecular flexibility index (Phi) is 10.1. The SMILES string of the molecule is COC(=O)c1ccc(N(C)C(=O)CN(C)C(=O)C2CC(SC(C)=O)CN2S(=O)(=O)C=Cc2ccccc2)cc1. The van der Waals surface area contributed by atoms with Gasteiger partial charge in [-0.25, -0.2) is 13.2 Å². The third-order valence-corrected chi connectivity index (χ3v) is 8.74. The van der Waals surface area contributed by atoms with Gasteiger partial charge in [0.05, 0.1) is 19.2 Å². The van der Waals surface area contributed by atoms with E-state index >= 15 is 0 Å². The molecule has 208 valence electrons. The standard InChI is InChI=1S/C27H31N3O7S2/c1-19(31)38-23-16-24(30(17-23)39(35,36)15-14-20-8-6-5-7-9-20)26(33)28(2)18-25(32)29(3)22-12-10-21(11-13-22)27(34)37-4/h5-15,23-24H,16-18H2,1-4H3. The maximum Gasteiger partial charge on any atom is 0.337 e. The molecule has 0 aliphatic carbocycles. The van der Waals surface area contributed by atoms with Gasteiger partial charge >= 0.3 is 5.97 Å². The molecule has 0 aromatic heterocycles. The second kappa shape index (κ2) is 13.0. The van der Waals surface area contributed by atoms with Crippen LogP contribution in [0.4, 0.5) is 5.69 Å². The highest BCUT2D eigenvalue weighted by Gasteiger charge is 2.44. The highest BCUT2D eigenvalue weighted by atomic mass is 32.2. The summed E-state index contributed by atoms with van der Waals surface area (Å²) < 4.78 is 32.3. The maximum absolute atomic E-state index is 13.4. The molecule has 1 aliphatic rings. The Morgan fingerprint density at radius 1 is 1.05 bits per heavy atom. The first kappa shape index (κ1) is 30.1. The number of amides is 2. The Morgan fingerprint density at radius 2 is 1.69 bits per heavy atom. The molecule has 0 saturated carbocycles. The molecule has 1 saturated heterocycles. The Bertz CT molecular complexity index is 1350. The second-order valence-electron chi connectivity index (χ2n) is 9.00. The molecule has 0 N–H and O–H groups in total. The van der Waals surface area contributed by atoms with Crippen LogP contribution in [-0.4, -0.2) is 86.1 Å². The van der Waals surface area contributed by atoms with E-state index in [0.717, 1.165) is 21.5 Å². The number of sulfonamides is 1. The smallest absolute Gasteiger partial charge is 0.337 e. The van der Waals surface area contributed by atoms with Crippen LogP contribution in [0.1, 0.15) is 29.3 Å². The van der Waals surface area contributed by atoms with Crippen molar-refractivity contribution in [2.24, 2.45) is 0 Å². The minimum Gasteiger partial charge on any atom is -0.465 e. The molecule has 1 heterocycles. The van der Waals surface area contributed by atoms with E-state index in [1.807, 2.05) is 6.07 Å². The van der Waals surface area contributed by atoms with Gasteiger partial charge in [0.25, 0.3) is 0 Å². The zero-order valence-electron chi connectivity index (χ0n) is 22.1. The molecule has 10 nitrogen and oxygen atoms in total. The molecule has 2 amide bonds. The molecule has 0 bridgehead atoms. The van der Waals surface area contributed by atoms with Crippen LogP contribution >= 0.6 is 11.8 Å². The zero-order chi connectivity index (χ0) is 28.7. The number of carbonyl (C=O) groups excluding carboxylic acids is 4. The number of esters is 1. The summed E-state index contributed by atoms with van der Waals surface area (Å²) in [6.45, 7) is 1.09. The number of carbonyl (C=O) groups is 4.